The maximum Gasteiger partial charge on any atom is 0.325 e. The number of hydrogen-bond donors (Lipinski definition) is 1. The van der Waals surface area contributed by atoms with Crippen LogP contribution in [0.15, 0.2) is 30.3 Å². The van der Waals surface area contributed by atoms with E-state index in [0.29, 0.717) is 10.1 Å². The molecule has 5 nitrogen and oxygen atoms in total. The lowest BCUT2D eigenvalue weighted by Gasteiger charge is -2.07. The highest BCUT2D eigenvalue weighted by atomic mass is 35.5. The summed E-state index contributed by atoms with van der Waals surface area (Å²) >= 11 is 7.52. The lowest BCUT2D eigenvalue weighted by molar-refractivity contribution is -0.132. The van der Waals surface area contributed by atoms with Crippen molar-refractivity contribution in [2.45, 2.75) is 19.9 Å². The molecule has 0 amide bonds. The summed E-state index contributed by atoms with van der Waals surface area (Å²) < 4.78 is 7.87. The summed E-state index contributed by atoms with van der Waals surface area (Å²) in [6.07, 6.45) is 0. The van der Waals surface area contributed by atoms with E-state index in [-0.39, 0.29) is 12.6 Å². The zero-order valence-electron chi connectivity index (χ0n) is 12.7. The number of carbonyl (C=O) groups excluding carboxylic acids is 1. The summed E-state index contributed by atoms with van der Waals surface area (Å²) in [5.41, 5.74) is 7.10. The Morgan fingerprint density at radius 2 is 2.17 bits per heavy atom. The number of nitrogens with two attached hydrogens (primary N) is 1. The van der Waals surface area contributed by atoms with Gasteiger partial charge in [-0.05, 0) is 44.2 Å². The molecule has 120 valence electrons. The minimum atomic E-state index is -0.471. The lowest BCUT2D eigenvalue weighted by atomic mass is 10.1. The van der Waals surface area contributed by atoms with Crippen LogP contribution >= 0.6 is 22.9 Å². The van der Waals surface area contributed by atoms with Gasteiger partial charge in [0, 0.05) is 11.4 Å². The van der Waals surface area contributed by atoms with Gasteiger partial charge in [-0.1, -0.05) is 11.6 Å². The molecule has 0 fully saturated rings. The normalized spacial score (nSPS) is 11.3. The van der Waals surface area contributed by atoms with Crippen LogP contribution in [0, 0.1) is 0 Å². The highest BCUT2D eigenvalue weighted by Crippen LogP contribution is 2.37. The van der Waals surface area contributed by atoms with E-state index in [1.54, 1.807) is 6.07 Å². The fraction of sp³-hybridized carbons (Fsp3) is 0.250. The van der Waals surface area contributed by atoms with E-state index in [1.165, 1.54) is 11.3 Å². The second kappa shape index (κ2) is 6.31. The number of benzene rings is 1. The summed E-state index contributed by atoms with van der Waals surface area (Å²) in [6, 6.07) is 9.47. The van der Waals surface area contributed by atoms with Crippen molar-refractivity contribution in [3.05, 3.63) is 34.7 Å². The molecule has 23 heavy (non-hydrogen) atoms. The van der Waals surface area contributed by atoms with Crippen LogP contribution in [-0.4, -0.2) is 22.3 Å². The Bertz CT molecular complexity index is 869. The molecule has 0 aliphatic carbocycles. The first kappa shape index (κ1) is 16.0. The molecule has 0 aliphatic rings. The number of thiophene rings is 1. The first-order valence-corrected chi connectivity index (χ1v) is 8.37. The molecule has 0 atom stereocenters. The van der Waals surface area contributed by atoms with Crippen molar-refractivity contribution in [1.29, 1.82) is 0 Å². The lowest BCUT2D eigenvalue weighted by Crippen LogP contribution is -2.19. The molecule has 2 N–H and O–H groups in total. The van der Waals surface area contributed by atoms with Crippen LogP contribution in [-0.2, 0) is 4.79 Å². The maximum absolute atomic E-state index is 11.4. The quantitative estimate of drug-likeness (QED) is 0.573. The predicted octanol–water partition coefficient (Wildman–Crippen LogP) is 3.86. The van der Waals surface area contributed by atoms with Gasteiger partial charge in [0.2, 0.25) is 0 Å². The number of esters is 1. The predicted molar refractivity (Wildman–Crippen MR) is 93.1 cm³/mol. The van der Waals surface area contributed by atoms with E-state index in [1.807, 2.05) is 28.9 Å². The number of aromatic nitrogens is 2. The number of carbonyl (C=O) groups is 1. The van der Waals surface area contributed by atoms with Crippen molar-refractivity contribution in [2.75, 3.05) is 6.54 Å². The molecular weight excluding hydrogens is 334 g/mol. The van der Waals surface area contributed by atoms with Gasteiger partial charge in [-0.15, -0.1) is 11.3 Å². The van der Waals surface area contributed by atoms with Gasteiger partial charge in [0.25, 0.3) is 0 Å². The average Bonchev–Trinajstić information content (AvgIpc) is 3.10. The molecule has 0 radical (unpaired) electrons. The van der Waals surface area contributed by atoms with E-state index < -0.39 is 5.97 Å². The Hall–Kier alpha value is -1.89. The molecule has 0 aliphatic heterocycles. The number of rotatable bonds is 4. The van der Waals surface area contributed by atoms with E-state index in [0.717, 1.165) is 21.5 Å². The summed E-state index contributed by atoms with van der Waals surface area (Å²) in [4.78, 5) is 12.4. The van der Waals surface area contributed by atoms with Gasteiger partial charge in [0.05, 0.1) is 21.3 Å². The number of nitrogens with zero attached hydrogens (tertiary/aromatic N) is 2. The highest BCUT2D eigenvalue weighted by molar-refractivity contribution is 7.19. The van der Waals surface area contributed by atoms with Gasteiger partial charge in [-0.25, -0.2) is 0 Å². The number of fused-ring (bicyclic) bond motifs is 1. The molecule has 3 rings (SSSR count). The summed E-state index contributed by atoms with van der Waals surface area (Å²) in [5.74, 6) is -0.0125. The minimum Gasteiger partial charge on any atom is -0.426 e. The Kier molecular flexibility index (Phi) is 4.39. The van der Waals surface area contributed by atoms with E-state index in [4.69, 9.17) is 27.2 Å². The molecule has 2 aromatic heterocycles. The smallest absolute Gasteiger partial charge is 0.325 e. The van der Waals surface area contributed by atoms with E-state index in [9.17, 15) is 4.79 Å². The molecule has 0 bridgehead atoms. The van der Waals surface area contributed by atoms with Crippen LogP contribution in [0.5, 0.6) is 5.75 Å². The van der Waals surface area contributed by atoms with Crippen molar-refractivity contribution < 1.29 is 9.53 Å². The van der Waals surface area contributed by atoms with Crippen LogP contribution in [0.25, 0.3) is 21.5 Å². The van der Waals surface area contributed by atoms with Crippen LogP contribution < -0.4 is 10.5 Å². The third-order valence-corrected chi connectivity index (χ3v) is 4.61. The van der Waals surface area contributed by atoms with E-state index >= 15 is 0 Å². The van der Waals surface area contributed by atoms with Crippen molar-refractivity contribution >= 4 is 39.8 Å². The zero-order chi connectivity index (χ0) is 16.6. The Morgan fingerprint density at radius 3 is 2.78 bits per heavy atom. The minimum absolute atomic E-state index is 0.156. The molecule has 0 unspecified atom stereocenters. The Labute approximate surface area is 142 Å². The SMILES string of the molecule is CC(C)n1nc(-c2ccc(Cl)s2)c2cc(OC(=O)CN)ccc21. The second-order valence-electron chi connectivity index (χ2n) is 5.35. The maximum atomic E-state index is 11.4. The van der Waals surface area contributed by atoms with E-state index in [2.05, 4.69) is 13.8 Å². The molecule has 0 saturated heterocycles. The topological polar surface area (TPSA) is 70.1 Å². The van der Waals surface area contributed by atoms with Crippen LogP contribution in [0.1, 0.15) is 19.9 Å². The third-order valence-electron chi connectivity index (χ3n) is 3.37. The van der Waals surface area contributed by atoms with Crippen LogP contribution in [0.3, 0.4) is 0 Å². The summed E-state index contributed by atoms with van der Waals surface area (Å²) in [7, 11) is 0. The Morgan fingerprint density at radius 1 is 1.39 bits per heavy atom. The summed E-state index contributed by atoms with van der Waals surface area (Å²) in [5, 5.41) is 5.63. The number of halogens is 1. The van der Waals surface area contributed by atoms with Crippen molar-refractivity contribution in [1.82, 2.24) is 9.78 Å². The van der Waals surface area contributed by atoms with Gasteiger partial charge in [-0.2, -0.15) is 5.10 Å². The molecule has 7 heteroatoms. The van der Waals surface area contributed by atoms with Gasteiger partial charge in [0.15, 0.2) is 0 Å². The number of hydrogen-bond acceptors (Lipinski definition) is 5. The first-order chi connectivity index (χ1) is 11.0. The van der Waals surface area contributed by atoms with Crippen molar-refractivity contribution in [3.63, 3.8) is 0 Å². The van der Waals surface area contributed by atoms with Gasteiger partial charge < -0.3 is 10.5 Å². The zero-order valence-corrected chi connectivity index (χ0v) is 14.3. The standard InChI is InChI=1S/C16H16ClN3O2S/c1-9(2)20-12-4-3-10(22-15(21)8-18)7-11(12)16(19-20)13-5-6-14(17)23-13/h3-7,9H,8,18H2,1-2H3. The van der Waals surface area contributed by atoms with Crippen molar-refractivity contribution in [3.8, 4) is 16.3 Å². The molecule has 0 spiro atoms. The van der Waals surface area contributed by atoms with Crippen LogP contribution in [0.4, 0.5) is 0 Å². The second-order valence-corrected chi connectivity index (χ2v) is 7.06. The molecule has 0 saturated carbocycles. The fourth-order valence-electron chi connectivity index (χ4n) is 2.37. The van der Waals surface area contributed by atoms with Gasteiger partial charge >= 0.3 is 5.97 Å². The monoisotopic (exact) mass is 349 g/mol. The molecule has 2 heterocycles. The average molecular weight is 350 g/mol. The Balaban J connectivity index is 2.17. The first-order valence-electron chi connectivity index (χ1n) is 7.18. The molecule has 1 aromatic carbocycles. The summed E-state index contributed by atoms with van der Waals surface area (Å²) in [6.45, 7) is 3.98. The fourth-order valence-corrected chi connectivity index (χ4v) is 3.42. The number of ether oxygens (including phenoxy) is 1. The highest BCUT2D eigenvalue weighted by Gasteiger charge is 2.17. The van der Waals surface area contributed by atoms with Gasteiger partial charge in [0.1, 0.15) is 11.4 Å². The molecular formula is C16H16ClN3O2S. The van der Waals surface area contributed by atoms with Crippen molar-refractivity contribution in [2.24, 2.45) is 5.73 Å². The third kappa shape index (κ3) is 3.10. The largest absolute Gasteiger partial charge is 0.426 e. The van der Waals surface area contributed by atoms with Gasteiger partial charge in [-0.3, -0.25) is 9.48 Å². The van der Waals surface area contributed by atoms with Crippen LogP contribution in [0.2, 0.25) is 4.34 Å². The molecule has 3 aromatic rings.